The van der Waals surface area contributed by atoms with Crippen LogP contribution in [0.4, 0.5) is 11.5 Å². The monoisotopic (exact) mass is 237 g/mol. The van der Waals surface area contributed by atoms with Gasteiger partial charge in [0.1, 0.15) is 6.29 Å². The number of aldehydes is 1. The van der Waals surface area contributed by atoms with E-state index in [2.05, 4.69) is 10.3 Å². The Bertz CT molecular complexity index is 448. The summed E-state index contributed by atoms with van der Waals surface area (Å²) in [6, 6.07) is 1.43. The van der Waals surface area contributed by atoms with Gasteiger partial charge >= 0.3 is 5.69 Å². The molecule has 1 heterocycles. The Kier molecular flexibility index (Phi) is 3.77. The maximum absolute atomic E-state index is 11.0. The summed E-state index contributed by atoms with van der Waals surface area (Å²) in [6.45, 7) is 5.22. The minimum absolute atomic E-state index is 0.119. The third-order valence-electron chi connectivity index (χ3n) is 2.60. The lowest BCUT2D eigenvalue weighted by molar-refractivity contribution is -0.384. The fraction of sp³-hybridized carbons (Fsp3) is 0.455. The van der Waals surface area contributed by atoms with Crippen LogP contribution < -0.4 is 5.32 Å². The molecule has 0 aliphatic heterocycles. The predicted octanol–water partition coefficient (Wildman–Crippen LogP) is 2.08. The lowest BCUT2D eigenvalue weighted by Crippen LogP contribution is -2.36. The standard InChI is InChI=1S/C11H15N3O3/c1-4-11(3,7-15)13-10-9(14(16)17)5-8(2)6-12-10/h5-7H,4H2,1-3H3,(H,12,13). The maximum atomic E-state index is 11.0. The van der Waals surface area contributed by atoms with Gasteiger partial charge in [-0.15, -0.1) is 0 Å². The van der Waals surface area contributed by atoms with E-state index in [0.29, 0.717) is 12.0 Å². The van der Waals surface area contributed by atoms with Gasteiger partial charge < -0.3 is 10.1 Å². The first-order valence-electron chi connectivity index (χ1n) is 5.27. The summed E-state index contributed by atoms with van der Waals surface area (Å²) in [5, 5.41) is 13.7. The molecule has 1 aromatic heterocycles. The highest BCUT2D eigenvalue weighted by molar-refractivity contribution is 5.71. The van der Waals surface area contributed by atoms with Crippen molar-refractivity contribution in [3.05, 3.63) is 27.9 Å². The van der Waals surface area contributed by atoms with E-state index in [4.69, 9.17) is 0 Å². The summed E-state index contributed by atoms with van der Waals surface area (Å²) in [5.74, 6) is 0.122. The highest BCUT2D eigenvalue weighted by Crippen LogP contribution is 2.25. The Labute approximate surface area is 99.2 Å². The zero-order valence-electron chi connectivity index (χ0n) is 10.1. The number of aryl methyl sites for hydroxylation is 1. The molecule has 0 saturated heterocycles. The molecule has 0 amide bonds. The number of carbonyl (C=O) groups excluding carboxylic acids is 1. The Morgan fingerprint density at radius 1 is 1.65 bits per heavy atom. The average molecular weight is 237 g/mol. The van der Waals surface area contributed by atoms with E-state index in [1.54, 1.807) is 13.8 Å². The van der Waals surface area contributed by atoms with Crippen LogP contribution in [-0.4, -0.2) is 21.7 Å². The predicted molar refractivity (Wildman–Crippen MR) is 64.0 cm³/mol. The van der Waals surface area contributed by atoms with Gasteiger partial charge in [-0.1, -0.05) is 6.92 Å². The Balaban J connectivity index is 3.14. The molecule has 0 saturated carbocycles. The van der Waals surface area contributed by atoms with Crippen molar-refractivity contribution >= 4 is 17.8 Å². The maximum Gasteiger partial charge on any atom is 0.311 e. The molecule has 1 N–H and O–H groups in total. The molecule has 6 nitrogen and oxygen atoms in total. The van der Waals surface area contributed by atoms with Crippen LogP contribution >= 0.6 is 0 Å². The van der Waals surface area contributed by atoms with Crippen molar-refractivity contribution in [3.63, 3.8) is 0 Å². The molecule has 0 bridgehead atoms. The average Bonchev–Trinajstić information content (AvgIpc) is 2.31. The third-order valence-corrected chi connectivity index (χ3v) is 2.60. The number of nitrogens with one attached hydrogen (secondary N) is 1. The normalized spacial score (nSPS) is 13.8. The minimum atomic E-state index is -0.840. The number of rotatable bonds is 5. The van der Waals surface area contributed by atoms with E-state index < -0.39 is 10.5 Å². The van der Waals surface area contributed by atoms with Crippen molar-refractivity contribution in [3.8, 4) is 0 Å². The van der Waals surface area contributed by atoms with E-state index in [-0.39, 0.29) is 11.5 Å². The number of hydrogen-bond donors (Lipinski definition) is 1. The first kappa shape index (κ1) is 13.1. The van der Waals surface area contributed by atoms with Gasteiger partial charge in [0.15, 0.2) is 0 Å². The van der Waals surface area contributed by atoms with Crippen LogP contribution in [0.5, 0.6) is 0 Å². The molecule has 1 unspecified atom stereocenters. The number of nitrogens with zero attached hydrogens (tertiary/aromatic N) is 2. The number of pyridine rings is 1. The zero-order valence-corrected chi connectivity index (χ0v) is 10.1. The summed E-state index contributed by atoms with van der Waals surface area (Å²) in [5.41, 5.74) is -0.259. The van der Waals surface area contributed by atoms with E-state index in [1.807, 2.05) is 6.92 Å². The molecule has 17 heavy (non-hydrogen) atoms. The Hall–Kier alpha value is -1.98. The number of hydrogen-bond acceptors (Lipinski definition) is 5. The summed E-state index contributed by atoms with van der Waals surface area (Å²) in [6.07, 6.45) is 2.78. The van der Waals surface area contributed by atoms with Gasteiger partial charge in [0, 0.05) is 12.3 Å². The first-order valence-corrected chi connectivity index (χ1v) is 5.27. The lowest BCUT2D eigenvalue weighted by Gasteiger charge is -2.23. The van der Waals surface area contributed by atoms with E-state index >= 15 is 0 Å². The molecule has 0 radical (unpaired) electrons. The van der Waals surface area contributed by atoms with Crippen LogP contribution in [-0.2, 0) is 4.79 Å². The summed E-state index contributed by atoms with van der Waals surface area (Å²) < 4.78 is 0. The van der Waals surface area contributed by atoms with Crippen molar-refractivity contribution in [1.29, 1.82) is 0 Å². The van der Waals surface area contributed by atoms with Gasteiger partial charge in [0.05, 0.1) is 10.5 Å². The number of carbonyl (C=O) groups is 1. The van der Waals surface area contributed by atoms with E-state index in [0.717, 1.165) is 6.29 Å². The molecule has 1 atom stereocenters. The van der Waals surface area contributed by atoms with E-state index in [1.165, 1.54) is 12.3 Å². The molecule has 92 valence electrons. The third kappa shape index (κ3) is 2.99. The molecule has 0 spiro atoms. The quantitative estimate of drug-likeness (QED) is 0.481. The van der Waals surface area contributed by atoms with Gasteiger partial charge in [-0.2, -0.15) is 0 Å². The SMILES string of the molecule is CCC(C)(C=O)Nc1ncc(C)cc1[N+](=O)[O-]. The number of nitro groups is 1. The van der Waals surface area contributed by atoms with Gasteiger partial charge in [-0.05, 0) is 25.8 Å². The fourth-order valence-electron chi connectivity index (χ4n) is 1.26. The highest BCUT2D eigenvalue weighted by Gasteiger charge is 2.25. The van der Waals surface area contributed by atoms with Crippen LogP contribution in [0, 0.1) is 17.0 Å². The van der Waals surface area contributed by atoms with Gasteiger partial charge in [-0.3, -0.25) is 10.1 Å². The van der Waals surface area contributed by atoms with E-state index in [9.17, 15) is 14.9 Å². The van der Waals surface area contributed by atoms with Crippen LogP contribution in [0.2, 0.25) is 0 Å². The molecular weight excluding hydrogens is 222 g/mol. The molecule has 6 heteroatoms. The molecule has 1 rings (SSSR count). The fourth-order valence-corrected chi connectivity index (χ4v) is 1.26. The van der Waals surface area contributed by atoms with Crippen molar-refractivity contribution in [1.82, 2.24) is 4.98 Å². The van der Waals surface area contributed by atoms with Crippen LogP contribution in [0.3, 0.4) is 0 Å². The number of aromatic nitrogens is 1. The van der Waals surface area contributed by atoms with Gasteiger partial charge in [0.25, 0.3) is 0 Å². The molecule has 0 aromatic carbocycles. The Morgan fingerprint density at radius 2 is 2.29 bits per heavy atom. The number of anilines is 1. The van der Waals surface area contributed by atoms with Crippen molar-refractivity contribution in [2.75, 3.05) is 5.32 Å². The van der Waals surface area contributed by atoms with Crippen LogP contribution in [0.15, 0.2) is 12.3 Å². The smallest absolute Gasteiger partial charge is 0.311 e. The molecule has 0 aliphatic carbocycles. The van der Waals surface area contributed by atoms with Gasteiger partial charge in [-0.25, -0.2) is 4.98 Å². The highest BCUT2D eigenvalue weighted by atomic mass is 16.6. The van der Waals surface area contributed by atoms with Crippen molar-refractivity contribution in [2.45, 2.75) is 32.7 Å². The molecular formula is C11H15N3O3. The second-order valence-corrected chi connectivity index (χ2v) is 4.15. The summed E-state index contributed by atoms with van der Waals surface area (Å²) in [7, 11) is 0. The summed E-state index contributed by atoms with van der Waals surface area (Å²) >= 11 is 0. The first-order chi connectivity index (χ1) is 7.91. The van der Waals surface area contributed by atoms with Crippen molar-refractivity contribution in [2.24, 2.45) is 0 Å². The second-order valence-electron chi connectivity index (χ2n) is 4.15. The lowest BCUT2D eigenvalue weighted by atomic mass is 10.0. The molecule has 0 aliphatic rings. The second kappa shape index (κ2) is 4.90. The van der Waals surface area contributed by atoms with Gasteiger partial charge in [0.2, 0.25) is 5.82 Å². The minimum Gasteiger partial charge on any atom is -0.352 e. The van der Waals surface area contributed by atoms with Crippen LogP contribution in [0.1, 0.15) is 25.8 Å². The van der Waals surface area contributed by atoms with Crippen LogP contribution in [0.25, 0.3) is 0 Å². The molecule has 1 aromatic rings. The topological polar surface area (TPSA) is 85.1 Å². The Morgan fingerprint density at radius 3 is 2.76 bits per heavy atom. The summed E-state index contributed by atoms with van der Waals surface area (Å²) in [4.78, 5) is 25.3. The largest absolute Gasteiger partial charge is 0.352 e. The molecule has 0 fully saturated rings. The van der Waals surface area contributed by atoms with Crippen molar-refractivity contribution < 1.29 is 9.72 Å². The zero-order chi connectivity index (χ0) is 13.1.